The van der Waals surface area contributed by atoms with Gasteiger partial charge in [0.25, 0.3) is 0 Å². The highest BCUT2D eigenvalue weighted by Crippen LogP contribution is 2.37. The van der Waals surface area contributed by atoms with Gasteiger partial charge in [0.15, 0.2) is 0 Å². The number of ether oxygens (including phenoxy) is 1. The van der Waals surface area contributed by atoms with Crippen molar-refractivity contribution in [2.75, 3.05) is 32.1 Å². The molecule has 6 nitrogen and oxygen atoms in total. The maximum Gasteiger partial charge on any atom is 0.228 e. The highest BCUT2D eigenvalue weighted by Gasteiger charge is 2.20. The molecule has 0 atom stereocenters. The fourth-order valence-electron chi connectivity index (χ4n) is 4.06. The minimum absolute atomic E-state index is 0.0904. The number of anilines is 1. The molecule has 8 heteroatoms. The molecule has 1 aromatic heterocycles. The molecule has 3 aromatic rings. The van der Waals surface area contributed by atoms with Crippen LogP contribution in [-0.2, 0) is 18.3 Å². The summed E-state index contributed by atoms with van der Waals surface area (Å²) in [5.41, 5.74) is 3.41. The normalized spacial score (nSPS) is 14.9. The van der Waals surface area contributed by atoms with E-state index in [9.17, 15) is 4.79 Å². The second kappa shape index (κ2) is 10.7. The second-order valence-corrected chi connectivity index (χ2v) is 9.88. The number of carbonyl (C=O) groups excluding carboxylic acids is 1. The number of likely N-dealkylation sites (tertiary alicyclic amines) is 1. The third kappa shape index (κ3) is 6.16. The zero-order valence-corrected chi connectivity index (χ0v) is 21.2. The highest BCUT2D eigenvalue weighted by atomic mass is 79.9. The van der Waals surface area contributed by atoms with Crippen molar-refractivity contribution in [2.24, 2.45) is 13.0 Å². The first-order valence-corrected chi connectivity index (χ1v) is 12.2. The predicted octanol–water partition coefficient (Wildman–Crippen LogP) is 5.40. The summed E-state index contributed by atoms with van der Waals surface area (Å²) in [6.07, 6.45) is 4.32. The van der Waals surface area contributed by atoms with Crippen molar-refractivity contribution in [2.45, 2.75) is 19.3 Å². The number of carbonyl (C=O) groups is 1. The van der Waals surface area contributed by atoms with Gasteiger partial charge < -0.3 is 15.0 Å². The lowest BCUT2D eigenvalue weighted by Crippen LogP contribution is -2.32. The Morgan fingerprint density at radius 2 is 1.91 bits per heavy atom. The van der Waals surface area contributed by atoms with Gasteiger partial charge in [0.1, 0.15) is 5.75 Å². The molecule has 0 unspecified atom stereocenters. The van der Waals surface area contributed by atoms with Crippen molar-refractivity contribution in [3.05, 3.63) is 63.7 Å². The molecule has 0 spiro atoms. The van der Waals surface area contributed by atoms with E-state index < -0.39 is 0 Å². The van der Waals surface area contributed by atoms with Crippen molar-refractivity contribution in [3.63, 3.8) is 0 Å². The van der Waals surface area contributed by atoms with E-state index in [4.69, 9.17) is 16.3 Å². The SMILES string of the molecule is CN1CCC(COc2ccc(NC(=O)Cc3ccc(Cl)cc3)cc2-c2c(Br)cnn2C)CC1. The number of benzene rings is 2. The number of piperidine rings is 1. The molecule has 1 aliphatic heterocycles. The van der Waals surface area contributed by atoms with Gasteiger partial charge in [-0.1, -0.05) is 23.7 Å². The Morgan fingerprint density at radius 1 is 1.18 bits per heavy atom. The monoisotopic (exact) mass is 530 g/mol. The lowest BCUT2D eigenvalue weighted by molar-refractivity contribution is -0.115. The molecule has 1 saturated heterocycles. The first-order chi connectivity index (χ1) is 15.9. The van der Waals surface area contributed by atoms with Crippen LogP contribution in [0.4, 0.5) is 5.69 Å². The lowest BCUT2D eigenvalue weighted by atomic mass is 9.98. The Morgan fingerprint density at radius 3 is 2.58 bits per heavy atom. The summed E-state index contributed by atoms with van der Waals surface area (Å²) in [5, 5.41) is 8.02. The zero-order chi connectivity index (χ0) is 23.4. The Bertz CT molecular complexity index is 1090. The van der Waals surface area contributed by atoms with Crippen LogP contribution < -0.4 is 10.1 Å². The number of hydrogen-bond donors (Lipinski definition) is 1. The number of amides is 1. The van der Waals surface area contributed by atoms with Gasteiger partial charge in [-0.2, -0.15) is 5.10 Å². The molecule has 1 N–H and O–H groups in total. The van der Waals surface area contributed by atoms with E-state index in [2.05, 4.69) is 38.3 Å². The van der Waals surface area contributed by atoms with Gasteiger partial charge in [0, 0.05) is 23.3 Å². The van der Waals surface area contributed by atoms with E-state index >= 15 is 0 Å². The number of halogens is 2. The fraction of sp³-hybridized carbons (Fsp3) is 0.360. The standard InChI is InChI=1S/C25H28BrClN4O2/c1-30-11-9-18(10-12-30)16-33-23-8-7-20(14-21(23)25-22(26)15-28-31(25)2)29-24(32)13-17-3-5-19(27)6-4-17/h3-8,14-15,18H,9-13,16H2,1-2H3,(H,29,32). The average molecular weight is 532 g/mol. The molecule has 2 aromatic carbocycles. The lowest BCUT2D eigenvalue weighted by Gasteiger charge is -2.29. The van der Waals surface area contributed by atoms with E-state index in [1.54, 1.807) is 23.0 Å². The third-order valence-corrected chi connectivity index (χ3v) is 6.84. The summed E-state index contributed by atoms with van der Waals surface area (Å²) in [4.78, 5) is 15.0. The van der Waals surface area contributed by atoms with Crippen molar-refractivity contribution in [3.8, 4) is 17.0 Å². The molecule has 0 bridgehead atoms. The summed E-state index contributed by atoms with van der Waals surface area (Å²) in [6, 6.07) is 13.1. The van der Waals surface area contributed by atoms with Gasteiger partial charge in [-0.15, -0.1) is 0 Å². The molecular weight excluding hydrogens is 504 g/mol. The van der Waals surface area contributed by atoms with Crippen molar-refractivity contribution in [1.82, 2.24) is 14.7 Å². The van der Waals surface area contributed by atoms with Crippen LogP contribution in [0.5, 0.6) is 5.75 Å². The average Bonchev–Trinajstić information content (AvgIpc) is 3.13. The quantitative estimate of drug-likeness (QED) is 0.443. The highest BCUT2D eigenvalue weighted by molar-refractivity contribution is 9.10. The summed E-state index contributed by atoms with van der Waals surface area (Å²) in [5.74, 6) is 1.24. The van der Waals surface area contributed by atoms with Crippen LogP contribution in [0, 0.1) is 5.92 Å². The van der Waals surface area contributed by atoms with Gasteiger partial charge >= 0.3 is 0 Å². The third-order valence-electron chi connectivity index (χ3n) is 6.00. The van der Waals surface area contributed by atoms with E-state index in [-0.39, 0.29) is 12.3 Å². The topological polar surface area (TPSA) is 59.4 Å². The van der Waals surface area contributed by atoms with E-state index in [0.717, 1.165) is 53.0 Å². The first-order valence-electron chi connectivity index (χ1n) is 11.1. The number of rotatable bonds is 7. The number of nitrogens with one attached hydrogen (secondary N) is 1. The molecule has 0 saturated carbocycles. The van der Waals surface area contributed by atoms with Crippen LogP contribution in [0.15, 0.2) is 53.1 Å². The molecule has 0 aliphatic carbocycles. The van der Waals surface area contributed by atoms with Gasteiger partial charge in [-0.05, 0) is 90.7 Å². The molecule has 0 radical (unpaired) electrons. The molecule has 4 rings (SSSR count). The number of nitrogens with zero attached hydrogens (tertiary/aromatic N) is 3. The van der Waals surface area contributed by atoms with Crippen molar-refractivity contribution < 1.29 is 9.53 Å². The first kappa shape index (κ1) is 23.8. The Kier molecular flexibility index (Phi) is 7.73. The smallest absolute Gasteiger partial charge is 0.228 e. The van der Waals surface area contributed by atoms with E-state index in [1.165, 1.54) is 0 Å². The molecule has 174 valence electrons. The van der Waals surface area contributed by atoms with Gasteiger partial charge in [-0.3, -0.25) is 9.48 Å². The van der Waals surface area contributed by atoms with Crippen LogP contribution >= 0.6 is 27.5 Å². The number of aromatic nitrogens is 2. The van der Waals surface area contributed by atoms with Crippen LogP contribution in [0.2, 0.25) is 5.02 Å². The Labute approximate surface area is 208 Å². The zero-order valence-electron chi connectivity index (χ0n) is 18.9. The molecule has 1 fully saturated rings. The van der Waals surface area contributed by atoms with Crippen LogP contribution in [0.25, 0.3) is 11.3 Å². The number of hydrogen-bond acceptors (Lipinski definition) is 4. The predicted molar refractivity (Wildman–Crippen MR) is 136 cm³/mol. The minimum atomic E-state index is -0.0904. The molecule has 2 heterocycles. The number of aryl methyl sites for hydroxylation is 1. The van der Waals surface area contributed by atoms with Crippen molar-refractivity contribution >= 4 is 39.1 Å². The van der Waals surface area contributed by atoms with Gasteiger partial charge in [0.05, 0.1) is 29.4 Å². The summed E-state index contributed by atoms with van der Waals surface area (Å²) >= 11 is 9.55. The van der Waals surface area contributed by atoms with Crippen LogP contribution in [-0.4, -0.2) is 47.3 Å². The Hall–Kier alpha value is -2.35. The van der Waals surface area contributed by atoms with E-state index in [0.29, 0.717) is 23.2 Å². The maximum absolute atomic E-state index is 12.6. The summed E-state index contributed by atoms with van der Waals surface area (Å²) < 4.78 is 8.99. The van der Waals surface area contributed by atoms with Gasteiger partial charge in [0.2, 0.25) is 5.91 Å². The largest absolute Gasteiger partial charge is 0.493 e. The summed E-state index contributed by atoms with van der Waals surface area (Å²) in [7, 11) is 4.06. The van der Waals surface area contributed by atoms with Gasteiger partial charge in [-0.25, -0.2) is 0 Å². The molecule has 1 aliphatic rings. The fourth-order valence-corrected chi connectivity index (χ4v) is 4.75. The minimum Gasteiger partial charge on any atom is -0.493 e. The second-order valence-electron chi connectivity index (χ2n) is 8.58. The van der Waals surface area contributed by atoms with E-state index in [1.807, 2.05) is 37.4 Å². The Balaban J connectivity index is 1.52. The summed E-state index contributed by atoms with van der Waals surface area (Å²) in [6.45, 7) is 2.89. The molecular formula is C25H28BrClN4O2. The van der Waals surface area contributed by atoms with Crippen LogP contribution in [0.1, 0.15) is 18.4 Å². The van der Waals surface area contributed by atoms with Crippen molar-refractivity contribution in [1.29, 1.82) is 0 Å². The maximum atomic E-state index is 12.6. The molecule has 33 heavy (non-hydrogen) atoms. The molecule has 1 amide bonds. The van der Waals surface area contributed by atoms with Crippen LogP contribution in [0.3, 0.4) is 0 Å².